The fourth-order valence-corrected chi connectivity index (χ4v) is 4.05. The summed E-state index contributed by atoms with van der Waals surface area (Å²) in [6.45, 7) is 2.36. The number of aromatic nitrogens is 1. The monoisotopic (exact) mass is 540 g/mol. The first kappa shape index (κ1) is 25.9. The summed E-state index contributed by atoms with van der Waals surface area (Å²) in [6.07, 6.45) is 0. The van der Waals surface area contributed by atoms with Gasteiger partial charge in [-0.3, -0.25) is 19.8 Å². The quantitative estimate of drug-likeness (QED) is 0.275. The van der Waals surface area contributed by atoms with Gasteiger partial charge in [-0.1, -0.05) is 35.3 Å². The second-order valence-electron chi connectivity index (χ2n) is 7.69. The number of amides is 3. The highest BCUT2D eigenvalue weighted by molar-refractivity contribution is 6.42. The number of nitrogens with one attached hydrogen (secondary N) is 3. The van der Waals surface area contributed by atoms with Crippen molar-refractivity contribution in [3.63, 3.8) is 0 Å². The summed E-state index contributed by atoms with van der Waals surface area (Å²) in [5.74, 6) is -1.51. The molecule has 0 saturated carbocycles. The Hall–Kier alpha value is -4.21. The number of benzene rings is 3. The van der Waals surface area contributed by atoms with E-state index in [9.17, 15) is 14.4 Å². The third-order valence-electron chi connectivity index (χ3n) is 5.26. The molecule has 190 valence electrons. The van der Waals surface area contributed by atoms with Crippen LogP contribution in [-0.4, -0.2) is 36.1 Å². The zero-order chi connectivity index (χ0) is 26.5. The molecule has 0 bridgehead atoms. The number of methoxy groups -OCH3 is 1. The molecular weight excluding hydrogens is 519 g/mol. The fourth-order valence-electron chi connectivity index (χ4n) is 3.59. The SMILES string of the molecule is CCOc1ccc(NC(=O)C(=O)Nn2c(C(=O)Nc3ccc(Cl)cc3Cl)cc3cccc(OC)c32)cc1. The van der Waals surface area contributed by atoms with Crippen molar-refractivity contribution in [1.82, 2.24) is 4.68 Å². The first-order chi connectivity index (χ1) is 17.8. The lowest BCUT2D eigenvalue weighted by Crippen LogP contribution is -2.36. The second kappa shape index (κ2) is 11.2. The molecule has 0 saturated heterocycles. The molecule has 0 radical (unpaired) electrons. The van der Waals surface area contributed by atoms with Gasteiger partial charge in [-0.2, -0.15) is 0 Å². The topological polar surface area (TPSA) is 111 Å². The smallest absolute Gasteiger partial charge is 0.328 e. The Morgan fingerprint density at radius 1 is 0.919 bits per heavy atom. The normalized spacial score (nSPS) is 10.6. The highest BCUT2D eigenvalue weighted by Gasteiger charge is 2.23. The van der Waals surface area contributed by atoms with Crippen LogP contribution in [0, 0.1) is 0 Å². The largest absolute Gasteiger partial charge is 0.494 e. The van der Waals surface area contributed by atoms with Crippen LogP contribution in [0.5, 0.6) is 11.5 Å². The van der Waals surface area contributed by atoms with Gasteiger partial charge >= 0.3 is 11.8 Å². The van der Waals surface area contributed by atoms with E-state index in [1.807, 2.05) is 6.92 Å². The molecule has 0 unspecified atom stereocenters. The number of hydrogen-bond donors (Lipinski definition) is 3. The highest BCUT2D eigenvalue weighted by Crippen LogP contribution is 2.30. The lowest BCUT2D eigenvalue weighted by Gasteiger charge is -2.14. The van der Waals surface area contributed by atoms with Crippen LogP contribution in [0.3, 0.4) is 0 Å². The average Bonchev–Trinajstić information content (AvgIpc) is 3.25. The van der Waals surface area contributed by atoms with Crippen molar-refractivity contribution in [1.29, 1.82) is 0 Å². The van der Waals surface area contributed by atoms with Crippen molar-refractivity contribution in [3.05, 3.63) is 82.5 Å². The van der Waals surface area contributed by atoms with Gasteiger partial charge in [0.15, 0.2) is 0 Å². The maximum atomic E-state index is 13.2. The summed E-state index contributed by atoms with van der Waals surface area (Å²) in [7, 11) is 1.46. The van der Waals surface area contributed by atoms with Crippen LogP contribution in [-0.2, 0) is 9.59 Å². The first-order valence-electron chi connectivity index (χ1n) is 11.1. The second-order valence-corrected chi connectivity index (χ2v) is 8.54. The van der Waals surface area contributed by atoms with Gasteiger partial charge in [-0.25, -0.2) is 4.68 Å². The van der Waals surface area contributed by atoms with E-state index in [1.54, 1.807) is 60.7 Å². The number of anilines is 2. The Labute approximate surface area is 222 Å². The molecule has 0 atom stereocenters. The maximum Gasteiger partial charge on any atom is 0.328 e. The Morgan fingerprint density at radius 2 is 1.68 bits per heavy atom. The van der Waals surface area contributed by atoms with E-state index in [2.05, 4.69) is 16.1 Å². The molecule has 4 aromatic rings. The predicted octanol–water partition coefficient (Wildman–Crippen LogP) is 5.32. The van der Waals surface area contributed by atoms with Crippen molar-refractivity contribution in [2.45, 2.75) is 6.92 Å². The van der Waals surface area contributed by atoms with Gasteiger partial charge in [0.05, 0.1) is 24.4 Å². The first-order valence-corrected chi connectivity index (χ1v) is 11.9. The van der Waals surface area contributed by atoms with Crippen molar-refractivity contribution in [2.24, 2.45) is 0 Å². The lowest BCUT2D eigenvalue weighted by atomic mass is 10.2. The van der Waals surface area contributed by atoms with Gasteiger partial charge in [0.1, 0.15) is 22.7 Å². The molecule has 9 nitrogen and oxygen atoms in total. The number of nitrogens with zero attached hydrogens (tertiary/aromatic N) is 1. The third kappa shape index (κ3) is 5.79. The number of halogens is 2. The van der Waals surface area contributed by atoms with E-state index >= 15 is 0 Å². The van der Waals surface area contributed by atoms with Crippen molar-refractivity contribution in [3.8, 4) is 11.5 Å². The maximum absolute atomic E-state index is 13.2. The Morgan fingerprint density at radius 3 is 2.35 bits per heavy atom. The van der Waals surface area contributed by atoms with E-state index < -0.39 is 17.7 Å². The van der Waals surface area contributed by atoms with Gasteiger partial charge in [0.25, 0.3) is 5.91 Å². The minimum absolute atomic E-state index is 0.0349. The van der Waals surface area contributed by atoms with E-state index in [1.165, 1.54) is 17.9 Å². The highest BCUT2D eigenvalue weighted by atomic mass is 35.5. The number of fused-ring (bicyclic) bond motifs is 1. The fraction of sp³-hybridized carbons (Fsp3) is 0.115. The summed E-state index contributed by atoms with van der Waals surface area (Å²) >= 11 is 12.1. The average molecular weight is 541 g/mol. The molecular formula is C26H22Cl2N4O5. The minimum Gasteiger partial charge on any atom is -0.494 e. The van der Waals surface area contributed by atoms with Gasteiger partial charge in [0, 0.05) is 16.1 Å². The number of para-hydroxylation sites is 1. The molecule has 11 heteroatoms. The van der Waals surface area contributed by atoms with Crippen LogP contribution in [0.2, 0.25) is 10.0 Å². The molecule has 1 aromatic heterocycles. The molecule has 3 N–H and O–H groups in total. The molecule has 37 heavy (non-hydrogen) atoms. The van der Waals surface area contributed by atoms with Crippen LogP contribution in [0.15, 0.2) is 66.7 Å². The van der Waals surface area contributed by atoms with Crippen LogP contribution >= 0.6 is 23.2 Å². The number of hydrogen-bond acceptors (Lipinski definition) is 5. The van der Waals surface area contributed by atoms with Gasteiger partial charge < -0.3 is 20.1 Å². The Bertz CT molecular complexity index is 1480. The van der Waals surface area contributed by atoms with Gasteiger partial charge in [-0.15, -0.1) is 0 Å². The van der Waals surface area contributed by atoms with E-state index in [-0.39, 0.29) is 10.7 Å². The summed E-state index contributed by atoms with van der Waals surface area (Å²) < 4.78 is 12.0. The predicted molar refractivity (Wildman–Crippen MR) is 144 cm³/mol. The Kier molecular flexibility index (Phi) is 7.86. The van der Waals surface area contributed by atoms with Gasteiger partial charge in [0.2, 0.25) is 0 Å². The molecule has 3 amide bonds. The van der Waals surface area contributed by atoms with Crippen LogP contribution in [0.1, 0.15) is 17.4 Å². The summed E-state index contributed by atoms with van der Waals surface area (Å²) in [5, 5.41) is 6.46. The standard InChI is InChI=1S/C26H22Cl2N4O5/c1-3-37-18-10-8-17(9-11-18)29-25(34)26(35)31-32-21(13-15-5-4-6-22(36-2)23(15)32)24(33)30-20-12-7-16(27)14-19(20)28/h4-14H,3H2,1-2H3,(H,29,34)(H,30,33)(H,31,35). The van der Waals surface area contributed by atoms with E-state index in [0.29, 0.717) is 45.4 Å². The lowest BCUT2D eigenvalue weighted by molar-refractivity contribution is -0.133. The van der Waals surface area contributed by atoms with Crippen molar-refractivity contribution in [2.75, 3.05) is 29.8 Å². The van der Waals surface area contributed by atoms with Crippen LogP contribution in [0.25, 0.3) is 10.9 Å². The third-order valence-corrected chi connectivity index (χ3v) is 5.81. The number of ether oxygens (including phenoxy) is 2. The van der Waals surface area contributed by atoms with E-state index in [0.717, 1.165) is 0 Å². The zero-order valence-corrected chi connectivity index (χ0v) is 21.3. The number of carbonyl (C=O) groups excluding carboxylic acids is 3. The molecule has 4 rings (SSSR count). The number of carbonyl (C=O) groups is 3. The molecule has 3 aromatic carbocycles. The van der Waals surface area contributed by atoms with Crippen molar-refractivity contribution < 1.29 is 23.9 Å². The summed E-state index contributed by atoms with van der Waals surface area (Å²) in [5.41, 5.74) is 3.64. The molecule has 0 aliphatic carbocycles. The molecule has 0 aliphatic rings. The van der Waals surface area contributed by atoms with Crippen LogP contribution in [0.4, 0.5) is 11.4 Å². The Balaban J connectivity index is 1.63. The molecule has 0 fully saturated rings. The minimum atomic E-state index is -1.00. The van der Waals surface area contributed by atoms with Gasteiger partial charge in [-0.05, 0) is 61.5 Å². The molecule has 0 aliphatic heterocycles. The van der Waals surface area contributed by atoms with Crippen molar-refractivity contribution >= 4 is 63.2 Å². The van der Waals surface area contributed by atoms with Crippen LogP contribution < -0.4 is 25.5 Å². The zero-order valence-electron chi connectivity index (χ0n) is 19.8. The van der Waals surface area contributed by atoms with E-state index in [4.69, 9.17) is 32.7 Å². The summed E-state index contributed by atoms with van der Waals surface area (Å²) in [4.78, 5) is 38.8. The summed E-state index contributed by atoms with van der Waals surface area (Å²) in [6, 6.07) is 17.9. The number of rotatable bonds is 7. The molecule has 0 spiro atoms. The molecule has 1 heterocycles.